The molecule has 0 aliphatic carbocycles. The lowest BCUT2D eigenvalue weighted by atomic mass is 10.0. The molecule has 0 radical (unpaired) electrons. The molecule has 0 bridgehead atoms. The Morgan fingerprint density at radius 1 is 0.966 bits per heavy atom. The molecule has 3 rings (SSSR count). The van der Waals surface area contributed by atoms with Crippen molar-refractivity contribution < 1.29 is 4.79 Å². The van der Waals surface area contributed by atoms with Gasteiger partial charge in [0, 0.05) is 42.6 Å². The van der Waals surface area contributed by atoms with Crippen molar-refractivity contribution in [2.24, 2.45) is 5.92 Å². The van der Waals surface area contributed by atoms with Crippen LogP contribution in [0.2, 0.25) is 15.1 Å². The topological polar surface area (TPSA) is 23.6 Å². The van der Waals surface area contributed by atoms with Crippen LogP contribution in [-0.4, -0.2) is 37.0 Å². The zero-order valence-electron chi connectivity index (χ0n) is 17.1. The van der Waals surface area contributed by atoms with Gasteiger partial charge in [-0.15, -0.1) is 0 Å². The van der Waals surface area contributed by atoms with Crippen molar-refractivity contribution in [3.8, 4) is 0 Å². The third-order valence-electron chi connectivity index (χ3n) is 5.16. The second kappa shape index (κ2) is 12.3. The molecule has 0 saturated carbocycles. The molecule has 1 aliphatic heterocycles. The molecule has 1 fully saturated rings. The number of rotatable bonds is 5. The van der Waals surface area contributed by atoms with Crippen LogP contribution in [0.1, 0.15) is 33.1 Å². The van der Waals surface area contributed by atoms with Gasteiger partial charge >= 0.3 is 0 Å². The van der Waals surface area contributed by atoms with Crippen molar-refractivity contribution in [1.29, 1.82) is 0 Å². The minimum absolute atomic E-state index is 0.280. The van der Waals surface area contributed by atoms with Gasteiger partial charge in [-0.1, -0.05) is 73.3 Å². The Morgan fingerprint density at radius 3 is 2.14 bits per heavy atom. The second-order valence-corrected chi connectivity index (χ2v) is 8.59. The summed E-state index contributed by atoms with van der Waals surface area (Å²) in [6.45, 7) is 7.53. The first kappa shape index (κ1) is 23.9. The number of piperazine rings is 1. The second-order valence-electron chi connectivity index (χ2n) is 7.31. The van der Waals surface area contributed by atoms with Crippen molar-refractivity contribution in [3.05, 3.63) is 63.6 Å². The summed E-state index contributed by atoms with van der Waals surface area (Å²) in [5.74, 6) is 0.903. The van der Waals surface area contributed by atoms with Crippen molar-refractivity contribution in [2.45, 2.75) is 33.1 Å². The molecule has 0 aromatic heterocycles. The Bertz CT molecular complexity index is 762. The number of hydrogen-bond acceptors (Lipinski definition) is 2. The average Bonchev–Trinajstić information content (AvgIpc) is 2.73. The SMILES string of the molecule is CCC(C)CCC(=O)N1CCN(c2ccc(Cl)cc2Cl)CC1.Clc1ccccc1. The summed E-state index contributed by atoms with van der Waals surface area (Å²) < 4.78 is 0. The lowest BCUT2D eigenvalue weighted by molar-refractivity contribution is -0.131. The van der Waals surface area contributed by atoms with Crippen molar-refractivity contribution in [2.75, 3.05) is 31.1 Å². The van der Waals surface area contributed by atoms with Gasteiger partial charge in [0.05, 0.1) is 10.7 Å². The molecule has 1 heterocycles. The highest BCUT2D eigenvalue weighted by Crippen LogP contribution is 2.29. The van der Waals surface area contributed by atoms with Crippen LogP contribution in [0.3, 0.4) is 0 Å². The molecule has 2 aromatic rings. The van der Waals surface area contributed by atoms with Crippen molar-refractivity contribution >= 4 is 46.4 Å². The monoisotopic (exact) mass is 454 g/mol. The summed E-state index contributed by atoms with van der Waals surface area (Å²) in [7, 11) is 0. The fourth-order valence-corrected chi connectivity index (χ4v) is 3.75. The number of amides is 1. The highest BCUT2D eigenvalue weighted by atomic mass is 35.5. The third kappa shape index (κ3) is 8.08. The van der Waals surface area contributed by atoms with Crippen LogP contribution in [0, 0.1) is 5.92 Å². The van der Waals surface area contributed by atoms with Gasteiger partial charge < -0.3 is 9.80 Å². The van der Waals surface area contributed by atoms with Gasteiger partial charge in [0.2, 0.25) is 5.91 Å². The molecular formula is C23H29Cl3N2O. The Morgan fingerprint density at radius 2 is 1.62 bits per heavy atom. The smallest absolute Gasteiger partial charge is 0.222 e. The van der Waals surface area contributed by atoms with Gasteiger partial charge in [-0.25, -0.2) is 0 Å². The van der Waals surface area contributed by atoms with Crippen LogP contribution >= 0.6 is 34.8 Å². The molecule has 1 aliphatic rings. The number of carbonyl (C=O) groups is 1. The zero-order valence-corrected chi connectivity index (χ0v) is 19.4. The van der Waals surface area contributed by atoms with E-state index in [1.165, 1.54) is 0 Å². The number of hydrogen-bond donors (Lipinski definition) is 0. The van der Waals surface area contributed by atoms with Gasteiger partial charge in [-0.05, 0) is 42.7 Å². The summed E-state index contributed by atoms with van der Waals surface area (Å²) in [5.41, 5.74) is 0.998. The van der Waals surface area contributed by atoms with E-state index in [1.807, 2.05) is 47.4 Å². The highest BCUT2D eigenvalue weighted by Gasteiger charge is 2.22. The minimum Gasteiger partial charge on any atom is -0.367 e. The fourth-order valence-electron chi connectivity index (χ4n) is 3.08. The summed E-state index contributed by atoms with van der Waals surface area (Å²) in [6.07, 6.45) is 2.78. The quantitative estimate of drug-likeness (QED) is 0.494. The summed E-state index contributed by atoms with van der Waals surface area (Å²) >= 11 is 17.7. The van der Waals surface area contributed by atoms with Gasteiger partial charge in [-0.2, -0.15) is 0 Å². The first-order valence-corrected chi connectivity index (χ1v) is 11.2. The van der Waals surface area contributed by atoms with Gasteiger partial charge in [0.15, 0.2) is 0 Å². The Balaban J connectivity index is 0.000000360. The van der Waals surface area contributed by atoms with E-state index in [2.05, 4.69) is 18.7 Å². The van der Waals surface area contributed by atoms with Crippen LogP contribution in [0.4, 0.5) is 5.69 Å². The van der Waals surface area contributed by atoms with Gasteiger partial charge in [0.1, 0.15) is 0 Å². The van der Waals surface area contributed by atoms with Gasteiger partial charge in [0.25, 0.3) is 0 Å². The van der Waals surface area contributed by atoms with E-state index >= 15 is 0 Å². The van der Waals surface area contributed by atoms with E-state index in [1.54, 1.807) is 6.07 Å². The van der Waals surface area contributed by atoms with Crippen LogP contribution in [-0.2, 0) is 4.79 Å². The van der Waals surface area contributed by atoms with E-state index in [0.717, 1.165) is 49.7 Å². The van der Waals surface area contributed by atoms with Crippen molar-refractivity contribution in [3.63, 3.8) is 0 Å². The molecule has 29 heavy (non-hydrogen) atoms. The number of benzene rings is 2. The van der Waals surface area contributed by atoms with Crippen LogP contribution in [0.25, 0.3) is 0 Å². The Labute approximate surface area is 189 Å². The number of anilines is 1. The lowest BCUT2D eigenvalue weighted by Crippen LogP contribution is -2.48. The molecule has 6 heteroatoms. The van der Waals surface area contributed by atoms with Crippen LogP contribution in [0.5, 0.6) is 0 Å². The molecule has 1 unspecified atom stereocenters. The minimum atomic E-state index is 0.280. The maximum atomic E-state index is 12.2. The van der Waals surface area contributed by atoms with E-state index < -0.39 is 0 Å². The fraction of sp³-hybridized carbons (Fsp3) is 0.435. The number of halogens is 3. The summed E-state index contributed by atoms with van der Waals surface area (Å²) in [6, 6.07) is 15.0. The first-order valence-electron chi connectivity index (χ1n) is 10.1. The number of carbonyl (C=O) groups excluding carboxylic acids is 1. The van der Waals surface area contributed by atoms with E-state index in [0.29, 0.717) is 22.4 Å². The summed E-state index contributed by atoms with van der Waals surface area (Å²) in [5, 5.41) is 2.11. The third-order valence-corrected chi connectivity index (χ3v) is 5.95. The molecule has 1 atom stereocenters. The lowest BCUT2D eigenvalue weighted by Gasteiger charge is -2.36. The molecule has 0 N–H and O–H groups in total. The molecular weight excluding hydrogens is 427 g/mol. The molecule has 1 saturated heterocycles. The van der Waals surface area contributed by atoms with Crippen LogP contribution < -0.4 is 4.90 Å². The molecule has 1 amide bonds. The molecule has 2 aromatic carbocycles. The standard InChI is InChI=1S/C17H24Cl2N2O.C6H5Cl/c1-3-13(2)4-7-17(22)21-10-8-20(9-11-21)16-6-5-14(18)12-15(16)19;7-6-4-2-1-3-5-6/h5-6,12-13H,3-4,7-11H2,1-2H3;1-5H. The average molecular weight is 456 g/mol. The predicted molar refractivity (Wildman–Crippen MR) is 125 cm³/mol. The molecule has 3 nitrogen and oxygen atoms in total. The normalized spacial score (nSPS) is 14.8. The maximum Gasteiger partial charge on any atom is 0.222 e. The predicted octanol–water partition coefficient (Wildman–Crippen LogP) is 6.81. The number of nitrogens with zero attached hydrogens (tertiary/aromatic N) is 2. The zero-order chi connectivity index (χ0) is 21.2. The largest absolute Gasteiger partial charge is 0.367 e. The summed E-state index contributed by atoms with van der Waals surface area (Å²) in [4.78, 5) is 16.4. The van der Waals surface area contributed by atoms with E-state index in [9.17, 15) is 4.79 Å². The van der Waals surface area contributed by atoms with E-state index in [-0.39, 0.29) is 5.91 Å². The maximum absolute atomic E-state index is 12.2. The van der Waals surface area contributed by atoms with Crippen LogP contribution in [0.15, 0.2) is 48.5 Å². The molecule has 158 valence electrons. The van der Waals surface area contributed by atoms with Gasteiger partial charge in [-0.3, -0.25) is 4.79 Å². The molecule has 0 spiro atoms. The Hall–Kier alpha value is -1.42. The van der Waals surface area contributed by atoms with E-state index in [4.69, 9.17) is 34.8 Å². The van der Waals surface area contributed by atoms with Crippen molar-refractivity contribution in [1.82, 2.24) is 4.90 Å². The first-order chi connectivity index (χ1) is 13.9. The highest BCUT2D eigenvalue weighted by molar-refractivity contribution is 6.36. The Kier molecular flexibility index (Phi) is 10.1.